The number of hydrogen-bond donors (Lipinski definition) is 4. The Hall–Kier alpha value is -2.86. The third kappa shape index (κ3) is 7.04. The first-order valence-corrected chi connectivity index (χ1v) is 9.76. The SMILES string of the molecule is CCNC(=O)c1ccc(CN=C(NCC)NCCC(O)c2ccccc2)cc1. The molecule has 0 saturated carbocycles. The van der Waals surface area contributed by atoms with Gasteiger partial charge in [-0.25, -0.2) is 4.99 Å². The summed E-state index contributed by atoms with van der Waals surface area (Å²) in [5, 5.41) is 19.5. The smallest absolute Gasteiger partial charge is 0.251 e. The van der Waals surface area contributed by atoms with E-state index in [4.69, 9.17) is 0 Å². The van der Waals surface area contributed by atoms with Crippen LogP contribution < -0.4 is 16.0 Å². The number of aliphatic hydroxyl groups is 1. The summed E-state index contributed by atoms with van der Waals surface area (Å²) in [6.45, 7) is 6.39. The number of aliphatic imine (C=N–C) groups is 1. The van der Waals surface area contributed by atoms with Gasteiger partial charge in [-0.1, -0.05) is 42.5 Å². The summed E-state index contributed by atoms with van der Waals surface area (Å²) in [5.41, 5.74) is 2.59. The number of amides is 1. The lowest BCUT2D eigenvalue weighted by Gasteiger charge is -2.14. The monoisotopic (exact) mass is 382 g/mol. The number of guanidine groups is 1. The van der Waals surface area contributed by atoms with Crippen LogP contribution in [0.1, 0.15) is 47.9 Å². The number of nitrogens with zero attached hydrogens (tertiary/aromatic N) is 1. The fraction of sp³-hybridized carbons (Fsp3) is 0.364. The minimum absolute atomic E-state index is 0.0652. The Morgan fingerprint density at radius 2 is 1.64 bits per heavy atom. The van der Waals surface area contributed by atoms with Crippen molar-refractivity contribution in [3.63, 3.8) is 0 Å². The Labute approximate surface area is 167 Å². The number of carbonyl (C=O) groups is 1. The van der Waals surface area contributed by atoms with Gasteiger partial charge in [-0.05, 0) is 43.5 Å². The van der Waals surface area contributed by atoms with Crippen molar-refractivity contribution in [1.29, 1.82) is 0 Å². The highest BCUT2D eigenvalue weighted by Crippen LogP contribution is 2.14. The van der Waals surface area contributed by atoms with E-state index in [1.807, 2.05) is 68.4 Å². The topological polar surface area (TPSA) is 85.8 Å². The molecule has 0 aliphatic heterocycles. The van der Waals surface area contributed by atoms with Gasteiger partial charge in [-0.3, -0.25) is 4.79 Å². The Kier molecular flexibility index (Phi) is 9.01. The second kappa shape index (κ2) is 11.8. The summed E-state index contributed by atoms with van der Waals surface area (Å²) < 4.78 is 0. The first-order valence-electron chi connectivity index (χ1n) is 9.76. The number of aliphatic hydroxyl groups excluding tert-OH is 1. The van der Waals surface area contributed by atoms with E-state index >= 15 is 0 Å². The molecule has 0 radical (unpaired) electrons. The minimum Gasteiger partial charge on any atom is -0.388 e. The van der Waals surface area contributed by atoms with Crippen LogP contribution in [0.15, 0.2) is 59.6 Å². The van der Waals surface area contributed by atoms with E-state index in [-0.39, 0.29) is 5.91 Å². The van der Waals surface area contributed by atoms with Gasteiger partial charge >= 0.3 is 0 Å². The first kappa shape index (κ1) is 21.4. The normalized spacial score (nSPS) is 12.3. The molecule has 0 aromatic heterocycles. The summed E-state index contributed by atoms with van der Waals surface area (Å²) in [5.74, 6) is 0.639. The summed E-state index contributed by atoms with van der Waals surface area (Å²) >= 11 is 0. The number of nitrogens with one attached hydrogen (secondary N) is 3. The highest BCUT2D eigenvalue weighted by molar-refractivity contribution is 5.94. The largest absolute Gasteiger partial charge is 0.388 e. The number of carbonyl (C=O) groups excluding carboxylic acids is 1. The number of benzene rings is 2. The van der Waals surface area contributed by atoms with E-state index in [1.165, 1.54) is 0 Å². The maximum Gasteiger partial charge on any atom is 0.251 e. The van der Waals surface area contributed by atoms with E-state index in [1.54, 1.807) is 0 Å². The van der Waals surface area contributed by atoms with Gasteiger partial charge in [-0.2, -0.15) is 0 Å². The van der Waals surface area contributed by atoms with Crippen molar-refractivity contribution in [2.24, 2.45) is 4.99 Å². The van der Waals surface area contributed by atoms with Crippen molar-refractivity contribution < 1.29 is 9.90 Å². The fourth-order valence-electron chi connectivity index (χ4n) is 2.71. The zero-order valence-corrected chi connectivity index (χ0v) is 16.6. The molecular formula is C22H30N4O2. The van der Waals surface area contributed by atoms with Crippen molar-refractivity contribution in [3.05, 3.63) is 71.3 Å². The van der Waals surface area contributed by atoms with Gasteiger partial charge in [0.25, 0.3) is 5.91 Å². The molecule has 0 spiro atoms. The molecule has 0 aliphatic rings. The molecule has 2 rings (SSSR count). The maximum absolute atomic E-state index is 11.8. The van der Waals surface area contributed by atoms with Crippen molar-refractivity contribution in [1.82, 2.24) is 16.0 Å². The Bertz CT molecular complexity index is 745. The third-order valence-electron chi connectivity index (χ3n) is 4.21. The lowest BCUT2D eigenvalue weighted by molar-refractivity contribution is 0.0956. The average molecular weight is 383 g/mol. The fourth-order valence-corrected chi connectivity index (χ4v) is 2.71. The molecule has 28 heavy (non-hydrogen) atoms. The molecule has 0 aliphatic carbocycles. The van der Waals surface area contributed by atoms with Crippen LogP contribution in [0.3, 0.4) is 0 Å². The second-order valence-electron chi connectivity index (χ2n) is 6.39. The highest BCUT2D eigenvalue weighted by atomic mass is 16.3. The molecular weight excluding hydrogens is 352 g/mol. The molecule has 0 fully saturated rings. The molecule has 2 aromatic rings. The molecule has 0 bridgehead atoms. The molecule has 1 atom stereocenters. The Morgan fingerprint density at radius 1 is 0.964 bits per heavy atom. The molecule has 6 nitrogen and oxygen atoms in total. The third-order valence-corrected chi connectivity index (χ3v) is 4.21. The first-order chi connectivity index (χ1) is 13.6. The van der Waals surface area contributed by atoms with Crippen LogP contribution in [-0.2, 0) is 6.54 Å². The van der Waals surface area contributed by atoms with Gasteiger partial charge in [0, 0.05) is 25.2 Å². The highest BCUT2D eigenvalue weighted by Gasteiger charge is 2.07. The van der Waals surface area contributed by atoms with Crippen LogP contribution >= 0.6 is 0 Å². The van der Waals surface area contributed by atoms with Gasteiger partial charge in [0.1, 0.15) is 0 Å². The van der Waals surface area contributed by atoms with E-state index in [0.29, 0.717) is 37.6 Å². The lowest BCUT2D eigenvalue weighted by Crippen LogP contribution is -2.38. The van der Waals surface area contributed by atoms with Crippen molar-refractivity contribution in [2.75, 3.05) is 19.6 Å². The Morgan fingerprint density at radius 3 is 2.29 bits per heavy atom. The van der Waals surface area contributed by atoms with Gasteiger partial charge < -0.3 is 21.1 Å². The molecule has 4 N–H and O–H groups in total. The van der Waals surface area contributed by atoms with Crippen LogP contribution in [0, 0.1) is 0 Å². The van der Waals surface area contributed by atoms with E-state index in [2.05, 4.69) is 20.9 Å². The van der Waals surface area contributed by atoms with Crippen LogP contribution in [0.5, 0.6) is 0 Å². The van der Waals surface area contributed by atoms with E-state index in [9.17, 15) is 9.90 Å². The van der Waals surface area contributed by atoms with Crippen molar-refractivity contribution in [3.8, 4) is 0 Å². The van der Waals surface area contributed by atoms with E-state index in [0.717, 1.165) is 17.7 Å². The van der Waals surface area contributed by atoms with Gasteiger partial charge in [0.2, 0.25) is 0 Å². The molecule has 2 aromatic carbocycles. The molecule has 150 valence electrons. The summed E-state index contributed by atoms with van der Waals surface area (Å²) in [6.07, 6.45) is 0.0914. The zero-order chi connectivity index (χ0) is 20.2. The lowest BCUT2D eigenvalue weighted by atomic mass is 10.1. The van der Waals surface area contributed by atoms with Crippen LogP contribution in [0.2, 0.25) is 0 Å². The molecule has 1 amide bonds. The van der Waals surface area contributed by atoms with Gasteiger partial charge in [-0.15, -0.1) is 0 Å². The van der Waals surface area contributed by atoms with Crippen LogP contribution in [0.25, 0.3) is 0 Å². The summed E-state index contributed by atoms with van der Waals surface area (Å²) in [7, 11) is 0. The van der Waals surface area contributed by atoms with Gasteiger partial charge in [0.05, 0.1) is 12.6 Å². The van der Waals surface area contributed by atoms with Crippen molar-refractivity contribution in [2.45, 2.75) is 32.9 Å². The quantitative estimate of drug-likeness (QED) is 0.397. The van der Waals surface area contributed by atoms with Crippen LogP contribution in [-0.4, -0.2) is 36.6 Å². The van der Waals surface area contributed by atoms with Crippen molar-refractivity contribution >= 4 is 11.9 Å². The molecule has 0 saturated heterocycles. The predicted molar refractivity (Wildman–Crippen MR) is 113 cm³/mol. The number of rotatable bonds is 9. The zero-order valence-electron chi connectivity index (χ0n) is 16.6. The molecule has 6 heteroatoms. The molecule has 1 unspecified atom stereocenters. The standard InChI is InChI=1S/C22H30N4O2/c1-3-23-21(28)19-12-10-17(11-13-19)16-26-22(24-4-2)25-15-14-20(27)18-8-6-5-7-9-18/h5-13,20,27H,3-4,14-16H2,1-2H3,(H,23,28)(H2,24,25,26). The Balaban J connectivity index is 1.86. The van der Waals surface area contributed by atoms with E-state index < -0.39 is 6.10 Å². The summed E-state index contributed by atoms with van der Waals surface area (Å²) in [4.78, 5) is 16.4. The predicted octanol–water partition coefficient (Wildman–Crippen LogP) is 2.62. The minimum atomic E-state index is -0.501. The van der Waals surface area contributed by atoms with Gasteiger partial charge in [0.15, 0.2) is 5.96 Å². The summed E-state index contributed by atoms with van der Waals surface area (Å²) in [6, 6.07) is 17.1. The van der Waals surface area contributed by atoms with Crippen LogP contribution in [0.4, 0.5) is 0 Å². The average Bonchev–Trinajstić information content (AvgIpc) is 2.73. The number of hydrogen-bond acceptors (Lipinski definition) is 3. The second-order valence-corrected chi connectivity index (χ2v) is 6.39. The molecule has 0 heterocycles. The maximum atomic E-state index is 11.8.